The maximum atomic E-state index is 10.5. The highest BCUT2D eigenvalue weighted by Crippen LogP contribution is 2.35. The molecule has 0 saturated heterocycles. The monoisotopic (exact) mass is 376 g/mol. The van der Waals surface area contributed by atoms with Gasteiger partial charge in [-0.2, -0.15) is 0 Å². The Morgan fingerprint density at radius 1 is 1.00 bits per heavy atom. The average Bonchev–Trinajstić information content (AvgIpc) is 2.38. The lowest BCUT2D eigenvalue weighted by Crippen LogP contribution is -2.19. The fourth-order valence-electron chi connectivity index (χ4n) is 1.71. The molecule has 0 radical (unpaired) electrons. The first-order valence-electron chi connectivity index (χ1n) is 7.28. The Morgan fingerprint density at radius 2 is 1.58 bits per heavy atom. The van der Waals surface area contributed by atoms with Crippen LogP contribution in [0, 0.1) is 5.92 Å². The van der Waals surface area contributed by atoms with Gasteiger partial charge in [0, 0.05) is 6.61 Å². The van der Waals surface area contributed by atoms with E-state index in [1.807, 2.05) is 0 Å². The van der Waals surface area contributed by atoms with E-state index in [9.17, 15) is 4.57 Å². The molecule has 2 atom stereocenters. The highest BCUT2D eigenvalue weighted by molar-refractivity contribution is 7.46. The van der Waals surface area contributed by atoms with Crippen LogP contribution in [0.15, 0.2) is 0 Å². The number of phosphoric acid groups is 1. The van der Waals surface area contributed by atoms with E-state index in [1.54, 1.807) is 6.92 Å². The van der Waals surface area contributed by atoms with Gasteiger partial charge in [0.25, 0.3) is 0 Å². The zero-order chi connectivity index (χ0) is 15.4. The Hall–Kier alpha value is 0.0300. The predicted octanol–water partition coefficient (Wildman–Crippen LogP) is 5.28. The second kappa shape index (κ2) is 21.1. The van der Waals surface area contributed by atoms with E-state index >= 15 is 0 Å². The smallest absolute Gasteiger partial charge is 0.379 e. The second-order valence-electron chi connectivity index (χ2n) is 4.96. The SMILES string of the molecule is C.C.C.C.CCCCC(CC)COCCOC(C)COP(=O)(O)O. The third-order valence-corrected chi connectivity index (χ3v) is 3.49. The molecule has 0 aliphatic heterocycles. The van der Waals surface area contributed by atoms with Crippen molar-refractivity contribution in [3.8, 4) is 0 Å². The molecule has 2 unspecified atom stereocenters. The lowest BCUT2D eigenvalue weighted by molar-refractivity contribution is -0.0168. The van der Waals surface area contributed by atoms with Crippen molar-refractivity contribution in [1.29, 1.82) is 0 Å². The van der Waals surface area contributed by atoms with Gasteiger partial charge in [0.2, 0.25) is 0 Å². The van der Waals surface area contributed by atoms with Crippen LogP contribution in [0.4, 0.5) is 0 Å². The summed E-state index contributed by atoms with van der Waals surface area (Å²) >= 11 is 0. The molecule has 0 fully saturated rings. The maximum Gasteiger partial charge on any atom is 0.469 e. The Labute approximate surface area is 151 Å². The number of rotatable bonds is 13. The minimum absolute atomic E-state index is 0. The molecule has 7 heteroatoms. The van der Waals surface area contributed by atoms with Crippen molar-refractivity contribution in [3.63, 3.8) is 0 Å². The second-order valence-corrected chi connectivity index (χ2v) is 6.20. The molecule has 0 aromatic carbocycles. The van der Waals surface area contributed by atoms with Crippen molar-refractivity contribution >= 4 is 7.82 Å². The fourth-order valence-corrected chi connectivity index (χ4v) is 2.11. The van der Waals surface area contributed by atoms with E-state index in [-0.39, 0.29) is 42.4 Å². The molecule has 0 spiro atoms. The molecular formula is C17H45O6P. The van der Waals surface area contributed by atoms with Crippen LogP contribution in [-0.2, 0) is 18.6 Å². The first-order chi connectivity index (χ1) is 9.39. The van der Waals surface area contributed by atoms with Gasteiger partial charge in [0.1, 0.15) is 0 Å². The van der Waals surface area contributed by atoms with E-state index in [1.165, 1.54) is 19.3 Å². The zero-order valence-corrected chi connectivity index (χ0v) is 13.7. The molecule has 24 heavy (non-hydrogen) atoms. The van der Waals surface area contributed by atoms with Crippen LogP contribution in [0.5, 0.6) is 0 Å². The van der Waals surface area contributed by atoms with Crippen molar-refractivity contribution < 1.29 is 28.3 Å². The Kier molecular flexibility index (Phi) is 30.9. The summed E-state index contributed by atoms with van der Waals surface area (Å²) in [6.07, 6.45) is 4.38. The molecule has 6 nitrogen and oxygen atoms in total. The summed E-state index contributed by atoms with van der Waals surface area (Å²) in [6, 6.07) is 0. The third kappa shape index (κ3) is 24.3. The molecular weight excluding hydrogens is 331 g/mol. The molecule has 0 bridgehead atoms. The van der Waals surface area contributed by atoms with E-state index in [4.69, 9.17) is 19.3 Å². The Balaban J connectivity index is -0.000000301. The molecule has 0 amide bonds. The summed E-state index contributed by atoms with van der Waals surface area (Å²) in [5, 5.41) is 0. The maximum absolute atomic E-state index is 10.5. The minimum Gasteiger partial charge on any atom is -0.379 e. The highest BCUT2D eigenvalue weighted by atomic mass is 31.2. The first kappa shape index (κ1) is 35.2. The van der Waals surface area contributed by atoms with Crippen molar-refractivity contribution in [1.82, 2.24) is 0 Å². The summed E-state index contributed by atoms with van der Waals surface area (Å²) in [7, 11) is -4.40. The van der Waals surface area contributed by atoms with Crippen LogP contribution in [-0.4, -0.2) is 42.3 Å². The quantitative estimate of drug-likeness (QED) is 0.336. The van der Waals surface area contributed by atoms with Gasteiger partial charge >= 0.3 is 7.82 Å². The van der Waals surface area contributed by atoms with Crippen molar-refractivity contribution in [2.24, 2.45) is 5.92 Å². The van der Waals surface area contributed by atoms with Crippen molar-refractivity contribution in [2.75, 3.05) is 26.4 Å². The Morgan fingerprint density at radius 3 is 2.04 bits per heavy atom. The van der Waals surface area contributed by atoms with Crippen LogP contribution < -0.4 is 0 Å². The molecule has 0 aromatic heterocycles. The summed E-state index contributed by atoms with van der Waals surface area (Å²) < 4.78 is 25.7. The van der Waals surface area contributed by atoms with Crippen LogP contribution in [0.1, 0.15) is 76.2 Å². The van der Waals surface area contributed by atoms with E-state index in [2.05, 4.69) is 18.4 Å². The largest absolute Gasteiger partial charge is 0.469 e. The van der Waals surface area contributed by atoms with Crippen LogP contribution in [0.25, 0.3) is 0 Å². The molecule has 0 saturated carbocycles. The summed E-state index contributed by atoms with van der Waals surface area (Å²) in [5.74, 6) is 0.602. The van der Waals surface area contributed by atoms with E-state index in [0.29, 0.717) is 19.1 Å². The van der Waals surface area contributed by atoms with E-state index < -0.39 is 7.82 Å². The number of ether oxygens (including phenoxy) is 2. The molecule has 0 rings (SSSR count). The summed E-state index contributed by atoms with van der Waals surface area (Å²) in [6.45, 7) is 7.56. The Bertz CT molecular complexity index is 270. The number of phosphoric ester groups is 1. The third-order valence-electron chi connectivity index (χ3n) is 3.00. The van der Waals surface area contributed by atoms with Gasteiger partial charge in [-0.3, -0.25) is 4.52 Å². The highest BCUT2D eigenvalue weighted by Gasteiger charge is 2.16. The van der Waals surface area contributed by atoms with Gasteiger partial charge in [0.15, 0.2) is 0 Å². The molecule has 0 aliphatic carbocycles. The van der Waals surface area contributed by atoms with Gasteiger partial charge in [0.05, 0.1) is 25.9 Å². The lowest BCUT2D eigenvalue weighted by atomic mass is 10.0. The predicted molar refractivity (Wildman–Crippen MR) is 104 cm³/mol. The average molecular weight is 377 g/mol. The molecule has 0 heterocycles. The summed E-state index contributed by atoms with van der Waals surface area (Å²) in [5.41, 5.74) is 0. The molecule has 0 aromatic rings. The van der Waals surface area contributed by atoms with Crippen LogP contribution in [0.3, 0.4) is 0 Å². The normalized spacial score (nSPS) is 12.7. The van der Waals surface area contributed by atoms with E-state index in [0.717, 1.165) is 13.0 Å². The van der Waals surface area contributed by atoms with Crippen LogP contribution in [0.2, 0.25) is 0 Å². The van der Waals surface area contributed by atoms with Crippen LogP contribution >= 0.6 is 7.82 Å². The molecule has 154 valence electrons. The number of hydrogen-bond acceptors (Lipinski definition) is 4. The standard InChI is InChI=1S/C13H29O6P.4CH4/c1-4-6-7-13(5-2)11-17-8-9-18-12(3)10-19-20(14,15)16;;;;/h12-13H,4-11H2,1-3H3,(H2,14,15,16);4*1H4. The van der Waals surface area contributed by atoms with Gasteiger partial charge in [-0.25, -0.2) is 4.57 Å². The first-order valence-corrected chi connectivity index (χ1v) is 8.81. The molecule has 0 aliphatic rings. The number of unbranched alkanes of at least 4 members (excludes halogenated alkanes) is 1. The number of hydrogen-bond donors (Lipinski definition) is 2. The van der Waals surface area contributed by atoms with Gasteiger partial charge in [-0.1, -0.05) is 62.8 Å². The van der Waals surface area contributed by atoms with Gasteiger partial charge in [-0.15, -0.1) is 0 Å². The minimum atomic E-state index is -4.40. The zero-order valence-electron chi connectivity index (χ0n) is 12.8. The van der Waals surface area contributed by atoms with Crippen molar-refractivity contribution in [3.05, 3.63) is 0 Å². The fraction of sp³-hybridized carbons (Fsp3) is 1.00. The topological polar surface area (TPSA) is 85.2 Å². The summed E-state index contributed by atoms with van der Waals surface area (Å²) in [4.78, 5) is 17.1. The van der Waals surface area contributed by atoms with Gasteiger partial charge < -0.3 is 19.3 Å². The van der Waals surface area contributed by atoms with Crippen molar-refractivity contribution in [2.45, 2.75) is 82.3 Å². The van der Waals surface area contributed by atoms with Gasteiger partial charge in [-0.05, 0) is 19.3 Å². The lowest BCUT2D eigenvalue weighted by Gasteiger charge is -2.16. The molecule has 2 N–H and O–H groups in total.